The first-order valence-corrected chi connectivity index (χ1v) is 7.38. The van der Waals surface area contributed by atoms with E-state index in [2.05, 4.69) is 12.1 Å². The fraction of sp³-hybridized carbons (Fsp3) is 0.429. The van der Waals surface area contributed by atoms with Crippen LogP contribution >= 0.6 is 11.8 Å². The fourth-order valence-corrected chi connectivity index (χ4v) is 3.09. The van der Waals surface area contributed by atoms with E-state index in [-0.39, 0.29) is 23.5 Å². The molecule has 0 heterocycles. The molecule has 0 saturated carbocycles. The molecular weight excluding hydrogens is 262 g/mol. The molecule has 1 amide bonds. The zero-order valence-corrected chi connectivity index (χ0v) is 11.7. The first-order chi connectivity index (χ1) is 9.09. The number of hydrogen-bond donors (Lipinski definition) is 1. The van der Waals surface area contributed by atoms with Gasteiger partial charge in [-0.2, -0.15) is 0 Å². The van der Waals surface area contributed by atoms with Gasteiger partial charge in [0.25, 0.3) is 0 Å². The Labute approximate surface area is 116 Å². The molecule has 1 aromatic carbocycles. The van der Waals surface area contributed by atoms with Crippen molar-refractivity contribution in [3.8, 4) is 0 Å². The molecule has 1 aromatic rings. The largest absolute Gasteiger partial charge is 0.481 e. The number of fused-ring (bicyclic) bond motifs is 1. The zero-order chi connectivity index (χ0) is 13.8. The first kappa shape index (κ1) is 13.9. The van der Waals surface area contributed by atoms with Gasteiger partial charge in [-0.05, 0) is 24.0 Å². The number of aliphatic carboxylic acids is 1. The zero-order valence-electron chi connectivity index (χ0n) is 10.8. The molecule has 1 atom stereocenters. The van der Waals surface area contributed by atoms with Gasteiger partial charge < -0.3 is 10.0 Å². The smallest absolute Gasteiger partial charge is 0.313 e. The highest BCUT2D eigenvalue weighted by atomic mass is 32.2. The Morgan fingerprint density at radius 1 is 1.37 bits per heavy atom. The molecule has 1 aliphatic carbocycles. The molecule has 1 N–H and O–H groups in total. The van der Waals surface area contributed by atoms with Crippen molar-refractivity contribution in [3.63, 3.8) is 0 Å². The normalized spacial score (nSPS) is 17.0. The second kappa shape index (κ2) is 6.10. The van der Waals surface area contributed by atoms with Gasteiger partial charge in [-0.25, -0.2) is 0 Å². The predicted octanol–water partition coefficient (Wildman–Crippen LogP) is 1.95. The highest BCUT2D eigenvalue weighted by molar-refractivity contribution is 8.00. The highest BCUT2D eigenvalue weighted by Crippen LogP contribution is 2.34. The second-order valence-electron chi connectivity index (χ2n) is 4.64. The maximum Gasteiger partial charge on any atom is 0.313 e. The van der Waals surface area contributed by atoms with Crippen LogP contribution in [0.25, 0.3) is 0 Å². The molecule has 1 aliphatic rings. The Balaban J connectivity index is 1.95. The predicted molar refractivity (Wildman–Crippen MR) is 75.2 cm³/mol. The number of carbonyl (C=O) groups excluding carboxylic acids is 1. The van der Waals surface area contributed by atoms with E-state index in [0.29, 0.717) is 0 Å². The molecule has 0 radical (unpaired) electrons. The lowest BCUT2D eigenvalue weighted by atomic mass is 10.1. The lowest BCUT2D eigenvalue weighted by Crippen LogP contribution is -2.31. The molecule has 102 valence electrons. The lowest BCUT2D eigenvalue weighted by Gasteiger charge is -2.25. The Morgan fingerprint density at radius 3 is 2.84 bits per heavy atom. The summed E-state index contributed by atoms with van der Waals surface area (Å²) in [5.41, 5.74) is 2.53. The number of thioether (sulfide) groups is 1. The summed E-state index contributed by atoms with van der Waals surface area (Å²) in [5.74, 6) is -0.693. The molecule has 0 aromatic heterocycles. The summed E-state index contributed by atoms with van der Waals surface area (Å²) >= 11 is 1.15. The van der Waals surface area contributed by atoms with Crippen LogP contribution in [-0.4, -0.2) is 40.4 Å². The number of amides is 1. The van der Waals surface area contributed by atoms with Crippen molar-refractivity contribution in [2.24, 2.45) is 0 Å². The average molecular weight is 279 g/mol. The number of benzene rings is 1. The van der Waals surface area contributed by atoms with Crippen LogP contribution in [0.5, 0.6) is 0 Å². The first-order valence-electron chi connectivity index (χ1n) is 6.22. The van der Waals surface area contributed by atoms with Gasteiger partial charge in [0.05, 0.1) is 17.5 Å². The Hall–Kier alpha value is -1.49. The Morgan fingerprint density at radius 2 is 2.11 bits per heavy atom. The van der Waals surface area contributed by atoms with E-state index in [1.807, 2.05) is 12.1 Å². The van der Waals surface area contributed by atoms with Gasteiger partial charge in [-0.3, -0.25) is 9.59 Å². The molecule has 0 spiro atoms. The number of aryl methyl sites for hydroxylation is 1. The van der Waals surface area contributed by atoms with Gasteiger partial charge in [0, 0.05) is 7.05 Å². The summed E-state index contributed by atoms with van der Waals surface area (Å²) < 4.78 is 0. The minimum atomic E-state index is -0.883. The standard InChI is InChI=1S/C14H17NO3S/c1-15(13(16)8-19-9-14(17)18)12-7-6-10-4-2-3-5-11(10)12/h2-5,12H,6-9H2,1H3,(H,17,18). The summed E-state index contributed by atoms with van der Waals surface area (Å²) in [4.78, 5) is 24.2. The van der Waals surface area contributed by atoms with E-state index >= 15 is 0 Å². The Bertz CT molecular complexity index is 489. The molecular formula is C14H17NO3S. The number of hydrogen-bond acceptors (Lipinski definition) is 3. The van der Waals surface area contributed by atoms with Gasteiger partial charge in [0.15, 0.2) is 0 Å². The number of carbonyl (C=O) groups is 2. The topological polar surface area (TPSA) is 57.6 Å². The van der Waals surface area contributed by atoms with E-state index in [1.165, 1.54) is 11.1 Å². The van der Waals surface area contributed by atoms with E-state index in [1.54, 1.807) is 11.9 Å². The van der Waals surface area contributed by atoms with Crippen molar-refractivity contribution >= 4 is 23.6 Å². The lowest BCUT2D eigenvalue weighted by molar-refractivity contribution is -0.133. The minimum Gasteiger partial charge on any atom is -0.481 e. The van der Waals surface area contributed by atoms with E-state index in [4.69, 9.17) is 5.11 Å². The van der Waals surface area contributed by atoms with Crippen LogP contribution in [0.4, 0.5) is 0 Å². The quantitative estimate of drug-likeness (QED) is 0.895. The SMILES string of the molecule is CN(C(=O)CSCC(=O)O)C1CCc2ccccc21. The highest BCUT2D eigenvalue weighted by Gasteiger charge is 2.27. The fourth-order valence-electron chi connectivity index (χ4n) is 2.44. The molecule has 2 rings (SSSR count). The Kier molecular flexibility index (Phi) is 4.47. The summed E-state index contributed by atoms with van der Waals surface area (Å²) in [6, 6.07) is 8.32. The van der Waals surface area contributed by atoms with Gasteiger partial charge >= 0.3 is 5.97 Å². The van der Waals surface area contributed by atoms with Crippen LogP contribution < -0.4 is 0 Å². The van der Waals surface area contributed by atoms with Gasteiger partial charge in [-0.1, -0.05) is 24.3 Å². The monoisotopic (exact) mass is 279 g/mol. The molecule has 5 heteroatoms. The van der Waals surface area contributed by atoms with Crippen molar-refractivity contribution in [2.75, 3.05) is 18.6 Å². The minimum absolute atomic E-state index is 0.00652. The van der Waals surface area contributed by atoms with Crippen molar-refractivity contribution < 1.29 is 14.7 Å². The second-order valence-corrected chi connectivity index (χ2v) is 5.63. The third-order valence-corrected chi connectivity index (χ3v) is 4.32. The van der Waals surface area contributed by atoms with E-state index < -0.39 is 5.97 Å². The average Bonchev–Trinajstić information content (AvgIpc) is 2.81. The van der Waals surface area contributed by atoms with Gasteiger partial charge in [-0.15, -0.1) is 11.8 Å². The van der Waals surface area contributed by atoms with Crippen LogP contribution in [0.15, 0.2) is 24.3 Å². The van der Waals surface area contributed by atoms with Crippen LogP contribution in [0.1, 0.15) is 23.6 Å². The van der Waals surface area contributed by atoms with Gasteiger partial charge in [0.1, 0.15) is 0 Å². The van der Waals surface area contributed by atoms with E-state index in [0.717, 1.165) is 24.6 Å². The summed E-state index contributed by atoms with van der Waals surface area (Å²) in [6.45, 7) is 0. The van der Waals surface area contributed by atoms with Crippen molar-refractivity contribution in [3.05, 3.63) is 35.4 Å². The molecule has 0 fully saturated rings. The van der Waals surface area contributed by atoms with Crippen molar-refractivity contribution in [1.29, 1.82) is 0 Å². The summed E-state index contributed by atoms with van der Waals surface area (Å²) in [6.07, 6.45) is 1.95. The summed E-state index contributed by atoms with van der Waals surface area (Å²) in [7, 11) is 1.80. The van der Waals surface area contributed by atoms with Crippen molar-refractivity contribution in [2.45, 2.75) is 18.9 Å². The van der Waals surface area contributed by atoms with Gasteiger partial charge in [0.2, 0.25) is 5.91 Å². The van der Waals surface area contributed by atoms with Crippen molar-refractivity contribution in [1.82, 2.24) is 4.90 Å². The number of nitrogens with zero attached hydrogens (tertiary/aromatic N) is 1. The summed E-state index contributed by atoms with van der Waals surface area (Å²) in [5, 5.41) is 8.56. The number of carboxylic acids is 1. The molecule has 4 nitrogen and oxygen atoms in total. The molecule has 0 aliphatic heterocycles. The third kappa shape index (κ3) is 3.29. The molecule has 0 bridgehead atoms. The third-order valence-electron chi connectivity index (χ3n) is 3.41. The van der Waals surface area contributed by atoms with Crippen LogP contribution in [-0.2, 0) is 16.0 Å². The molecule has 1 unspecified atom stereocenters. The maximum atomic E-state index is 12.0. The maximum absolute atomic E-state index is 12.0. The molecule has 0 saturated heterocycles. The number of rotatable bonds is 5. The van der Waals surface area contributed by atoms with Crippen LogP contribution in [0, 0.1) is 0 Å². The van der Waals surface area contributed by atoms with Crippen LogP contribution in [0.3, 0.4) is 0 Å². The van der Waals surface area contributed by atoms with E-state index in [9.17, 15) is 9.59 Å². The van der Waals surface area contributed by atoms with Crippen LogP contribution in [0.2, 0.25) is 0 Å². The molecule has 19 heavy (non-hydrogen) atoms. The number of carboxylic acid groups (broad SMARTS) is 1.